The number of ether oxygens (including phenoxy) is 1. The highest BCUT2D eigenvalue weighted by Crippen LogP contribution is 2.28. The lowest BCUT2D eigenvalue weighted by Crippen LogP contribution is -2.31. The Morgan fingerprint density at radius 2 is 1.66 bits per heavy atom. The maximum Gasteiger partial charge on any atom is 0.130 e. The van der Waals surface area contributed by atoms with Gasteiger partial charge in [-0.2, -0.15) is 0 Å². The molecule has 0 amide bonds. The van der Waals surface area contributed by atoms with Crippen LogP contribution in [-0.4, -0.2) is 23.4 Å². The molecule has 0 saturated heterocycles. The summed E-state index contributed by atoms with van der Waals surface area (Å²) in [5.74, 6) is 1.70. The van der Waals surface area contributed by atoms with Gasteiger partial charge in [0.05, 0.1) is 6.10 Å². The van der Waals surface area contributed by atoms with Crippen molar-refractivity contribution in [1.29, 1.82) is 0 Å². The predicted molar refractivity (Wildman–Crippen MR) is 146 cm³/mol. The Kier molecular flexibility index (Phi) is 12.4. The molecule has 32 heavy (non-hydrogen) atoms. The van der Waals surface area contributed by atoms with Gasteiger partial charge in [-0.05, 0) is 96.5 Å². The van der Waals surface area contributed by atoms with Crippen molar-refractivity contribution in [2.75, 3.05) is 11.6 Å². The summed E-state index contributed by atoms with van der Waals surface area (Å²) in [7, 11) is 7.85. The Morgan fingerprint density at radius 3 is 2.28 bits per heavy atom. The number of nitrogens with one attached hydrogen (secondary N) is 1. The normalized spacial score (nSPS) is 17.4. The minimum Gasteiger partial charge on any atom is -0.490 e. The Labute approximate surface area is 208 Å². The van der Waals surface area contributed by atoms with Gasteiger partial charge >= 0.3 is 0 Å². The third-order valence-electron chi connectivity index (χ3n) is 4.89. The standard InChI is InChI=1S/C21H22ClN3O.C2H6.CH3ClS2/c22-16-2-6-18(7-3-16)25-21-12-15-11-20(8-1-14(15)13-24-21)26-19-9-4-17(23)5-10-19;1-2;1-3-4-2/h1-3,6-8,11-13,17,19H,4-5,9-10,23H2,(H,24,25);1-2H3;1H3. The molecule has 1 saturated carbocycles. The summed E-state index contributed by atoms with van der Waals surface area (Å²) in [6, 6.07) is 16.1. The van der Waals surface area contributed by atoms with E-state index in [1.54, 1.807) is 0 Å². The van der Waals surface area contributed by atoms with Crippen LogP contribution in [0.25, 0.3) is 10.8 Å². The first kappa shape index (κ1) is 26.9. The summed E-state index contributed by atoms with van der Waals surface area (Å²) in [6.45, 7) is 4.00. The molecule has 0 spiro atoms. The fraction of sp³-hybridized carbons (Fsp3) is 0.375. The van der Waals surface area contributed by atoms with Crippen LogP contribution in [0, 0.1) is 0 Å². The molecule has 0 aliphatic heterocycles. The number of aromatic nitrogens is 1. The number of halogens is 2. The maximum atomic E-state index is 6.17. The lowest BCUT2D eigenvalue weighted by atomic mass is 9.94. The van der Waals surface area contributed by atoms with Crippen LogP contribution in [0.4, 0.5) is 11.5 Å². The summed E-state index contributed by atoms with van der Waals surface area (Å²) in [5.41, 5.74) is 6.93. The molecule has 0 radical (unpaired) electrons. The SMILES string of the molecule is CC.CSSCl.NC1CCC(Oc2ccc3cnc(Nc4ccc(Cl)cc4)cc3c2)CC1. The zero-order valence-electron chi connectivity index (χ0n) is 18.7. The fourth-order valence-electron chi connectivity index (χ4n) is 3.34. The van der Waals surface area contributed by atoms with E-state index in [0.717, 1.165) is 53.7 Å². The summed E-state index contributed by atoms with van der Waals surface area (Å²) < 4.78 is 6.17. The summed E-state index contributed by atoms with van der Waals surface area (Å²) in [5, 5.41) is 6.21. The molecule has 0 unspecified atom stereocenters. The zero-order chi connectivity index (χ0) is 23.3. The molecule has 1 aliphatic carbocycles. The van der Waals surface area contributed by atoms with Gasteiger partial charge in [-0.25, -0.2) is 4.98 Å². The minimum atomic E-state index is 0.265. The Hall–Kier alpha value is -1.31. The second kappa shape index (κ2) is 14.8. The number of fused-ring (bicyclic) bond motifs is 1. The molecule has 8 heteroatoms. The Morgan fingerprint density at radius 1 is 1.00 bits per heavy atom. The van der Waals surface area contributed by atoms with Crippen molar-refractivity contribution in [1.82, 2.24) is 4.98 Å². The van der Waals surface area contributed by atoms with Crippen LogP contribution in [-0.2, 0) is 0 Å². The van der Waals surface area contributed by atoms with Gasteiger partial charge in [-0.1, -0.05) is 36.2 Å². The molecule has 1 heterocycles. The van der Waals surface area contributed by atoms with E-state index in [1.165, 1.54) is 20.8 Å². The van der Waals surface area contributed by atoms with Crippen molar-refractivity contribution in [3.8, 4) is 5.75 Å². The van der Waals surface area contributed by atoms with Gasteiger partial charge in [-0.3, -0.25) is 0 Å². The molecule has 4 rings (SSSR count). The predicted octanol–water partition coefficient (Wildman–Crippen LogP) is 8.46. The zero-order valence-corrected chi connectivity index (χ0v) is 21.8. The molecule has 3 aromatic rings. The van der Waals surface area contributed by atoms with Gasteiger partial charge < -0.3 is 15.8 Å². The van der Waals surface area contributed by atoms with Gasteiger partial charge in [0.25, 0.3) is 0 Å². The van der Waals surface area contributed by atoms with E-state index in [1.807, 2.05) is 62.7 Å². The van der Waals surface area contributed by atoms with Crippen LogP contribution in [0.2, 0.25) is 5.02 Å². The van der Waals surface area contributed by atoms with E-state index in [2.05, 4.69) is 22.4 Å². The maximum absolute atomic E-state index is 6.17. The third kappa shape index (κ3) is 8.91. The number of hydrogen-bond acceptors (Lipinski definition) is 6. The summed E-state index contributed by atoms with van der Waals surface area (Å²) >= 11 is 5.93. The van der Waals surface area contributed by atoms with E-state index < -0.39 is 0 Å². The molecule has 1 aliphatic rings. The van der Waals surface area contributed by atoms with Crippen molar-refractivity contribution >= 4 is 65.4 Å². The number of hydrogen-bond donors (Lipinski definition) is 2. The minimum absolute atomic E-state index is 0.265. The molecule has 174 valence electrons. The van der Waals surface area contributed by atoms with E-state index in [-0.39, 0.29) is 6.10 Å². The van der Waals surface area contributed by atoms with Gasteiger partial charge in [0.1, 0.15) is 11.6 Å². The first-order valence-corrected chi connectivity index (χ1v) is 14.5. The average Bonchev–Trinajstić information content (AvgIpc) is 2.83. The smallest absolute Gasteiger partial charge is 0.130 e. The fourth-order valence-corrected chi connectivity index (χ4v) is 3.47. The van der Waals surface area contributed by atoms with Crippen LogP contribution in [0.5, 0.6) is 5.75 Å². The Bertz CT molecular complexity index is 934. The molecule has 1 aromatic heterocycles. The molecular weight excluding hydrogens is 481 g/mol. The first-order valence-electron chi connectivity index (χ1n) is 10.7. The van der Waals surface area contributed by atoms with Crippen LogP contribution in [0.1, 0.15) is 39.5 Å². The molecule has 1 fully saturated rings. The average molecular weight is 513 g/mol. The molecule has 0 atom stereocenters. The summed E-state index contributed by atoms with van der Waals surface area (Å²) in [4.78, 5) is 4.48. The largest absolute Gasteiger partial charge is 0.490 e. The highest BCUT2D eigenvalue weighted by molar-refractivity contribution is 8.84. The van der Waals surface area contributed by atoms with Gasteiger partial charge in [-0.15, -0.1) is 0 Å². The van der Waals surface area contributed by atoms with Crippen LogP contribution in [0.3, 0.4) is 0 Å². The van der Waals surface area contributed by atoms with E-state index in [9.17, 15) is 0 Å². The van der Waals surface area contributed by atoms with Crippen LogP contribution in [0.15, 0.2) is 54.7 Å². The number of nitrogens with zero attached hydrogens (tertiary/aromatic N) is 1. The number of pyridine rings is 1. The number of anilines is 2. The quantitative estimate of drug-likeness (QED) is 0.335. The first-order chi connectivity index (χ1) is 15.6. The number of rotatable bonds is 5. The van der Waals surface area contributed by atoms with E-state index >= 15 is 0 Å². The topological polar surface area (TPSA) is 60.2 Å². The van der Waals surface area contributed by atoms with Crippen LogP contribution < -0.4 is 15.8 Å². The van der Waals surface area contributed by atoms with Crippen molar-refractivity contribution in [3.05, 3.63) is 59.8 Å². The molecule has 2 aromatic carbocycles. The highest BCUT2D eigenvalue weighted by atomic mass is 35.7. The van der Waals surface area contributed by atoms with Gasteiger partial charge in [0.2, 0.25) is 0 Å². The van der Waals surface area contributed by atoms with Gasteiger partial charge in [0.15, 0.2) is 0 Å². The van der Waals surface area contributed by atoms with Crippen molar-refractivity contribution in [2.45, 2.75) is 51.7 Å². The molecule has 4 nitrogen and oxygen atoms in total. The van der Waals surface area contributed by atoms with Gasteiger partial charge in [0, 0.05) is 38.3 Å². The lowest BCUT2D eigenvalue weighted by molar-refractivity contribution is 0.147. The molecular formula is C24H31Cl2N3OS2. The van der Waals surface area contributed by atoms with Crippen molar-refractivity contribution in [2.24, 2.45) is 5.73 Å². The monoisotopic (exact) mass is 511 g/mol. The highest BCUT2D eigenvalue weighted by Gasteiger charge is 2.19. The van der Waals surface area contributed by atoms with Crippen LogP contribution >= 0.6 is 43.1 Å². The lowest BCUT2D eigenvalue weighted by Gasteiger charge is -2.26. The second-order valence-corrected chi connectivity index (χ2v) is 10.5. The summed E-state index contributed by atoms with van der Waals surface area (Å²) in [6.07, 6.45) is 8.20. The Balaban J connectivity index is 0.000000547. The number of benzene rings is 2. The van der Waals surface area contributed by atoms with Crippen molar-refractivity contribution < 1.29 is 4.74 Å². The van der Waals surface area contributed by atoms with E-state index in [0.29, 0.717) is 11.1 Å². The molecule has 3 N–H and O–H groups in total. The molecule has 0 bridgehead atoms. The number of nitrogens with two attached hydrogens (primary N) is 1. The third-order valence-corrected chi connectivity index (χ3v) is 6.78. The van der Waals surface area contributed by atoms with Crippen molar-refractivity contribution in [3.63, 3.8) is 0 Å². The second-order valence-electron chi connectivity index (χ2n) is 7.09. The van der Waals surface area contributed by atoms with E-state index in [4.69, 9.17) is 32.8 Å².